The molecule has 0 aliphatic heterocycles. The molecule has 2 rings (SSSR count). The zero-order chi connectivity index (χ0) is 14.7. The highest BCUT2D eigenvalue weighted by Crippen LogP contribution is 2.17. The van der Waals surface area contributed by atoms with Crippen LogP contribution in [-0.2, 0) is 11.3 Å². The van der Waals surface area contributed by atoms with Gasteiger partial charge in [-0.15, -0.1) is 0 Å². The molecule has 0 unspecified atom stereocenters. The zero-order valence-electron chi connectivity index (χ0n) is 11.4. The molecular formula is C13H16N4O2S. The van der Waals surface area contributed by atoms with E-state index in [-0.39, 0.29) is 17.2 Å². The smallest absolute Gasteiger partial charge is 0.263 e. The van der Waals surface area contributed by atoms with E-state index in [1.54, 1.807) is 22.9 Å². The maximum Gasteiger partial charge on any atom is 0.263 e. The number of primary amides is 1. The summed E-state index contributed by atoms with van der Waals surface area (Å²) in [6, 6.07) is 3.42. The maximum absolute atomic E-state index is 12.5. The quantitative estimate of drug-likeness (QED) is 0.656. The summed E-state index contributed by atoms with van der Waals surface area (Å²) in [7, 11) is 0. The summed E-state index contributed by atoms with van der Waals surface area (Å²) >= 11 is 1.16. The van der Waals surface area contributed by atoms with Gasteiger partial charge in [-0.05, 0) is 18.1 Å². The summed E-state index contributed by atoms with van der Waals surface area (Å²) in [5.74, 6) is -0.0684. The Labute approximate surface area is 120 Å². The monoisotopic (exact) mass is 292 g/mol. The predicted octanol–water partition coefficient (Wildman–Crippen LogP) is 1.02. The number of nitrogens with zero attached hydrogens (tertiary/aromatic N) is 3. The third-order valence-electron chi connectivity index (χ3n) is 2.59. The number of pyridine rings is 1. The molecule has 0 aliphatic carbocycles. The summed E-state index contributed by atoms with van der Waals surface area (Å²) < 4.78 is 1.59. The van der Waals surface area contributed by atoms with Gasteiger partial charge in [0.15, 0.2) is 10.8 Å². The zero-order valence-corrected chi connectivity index (χ0v) is 12.2. The third kappa shape index (κ3) is 3.16. The number of rotatable bonds is 5. The lowest BCUT2D eigenvalue weighted by atomic mass is 10.2. The average Bonchev–Trinajstić information content (AvgIpc) is 2.39. The van der Waals surface area contributed by atoms with Crippen LogP contribution >= 0.6 is 11.8 Å². The number of nitrogens with two attached hydrogens (primary N) is 1. The van der Waals surface area contributed by atoms with Crippen LogP contribution in [-0.4, -0.2) is 26.2 Å². The van der Waals surface area contributed by atoms with E-state index in [9.17, 15) is 9.59 Å². The van der Waals surface area contributed by atoms with Crippen LogP contribution < -0.4 is 11.3 Å². The number of carbonyl (C=O) groups excluding carboxylic acids is 1. The Bertz CT molecular complexity index is 696. The van der Waals surface area contributed by atoms with Crippen LogP contribution in [0.4, 0.5) is 0 Å². The predicted molar refractivity (Wildman–Crippen MR) is 78.6 cm³/mol. The highest BCUT2D eigenvalue weighted by molar-refractivity contribution is 7.99. The molecule has 1 amide bonds. The Kier molecular flexibility index (Phi) is 4.39. The van der Waals surface area contributed by atoms with E-state index in [4.69, 9.17) is 5.73 Å². The van der Waals surface area contributed by atoms with E-state index >= 15 is 0 Å². The molecule has 106 valence electrons. The molecule has 20 heavy (non-hydrogen) atoms. The van der Waals surface area contributed by atoms with Crippen LogP contribution in [0.1, 0.15) is 13.8 Å². The minimum absolute atomic E-state index is 0.0862. The van der Waals surface area contributed by atoms with Crippen molar-refractivity contribution in [3.8, 4) is 0 Å². The minimum Gasteiger partial charge on any atom is -0.369 e. The lowest BCUT2D eigenvalue weighted by Crippen LogP contribution is -2.26. The Balaban J connectivity index is 2.57. The van der Waals surface area contributed by atoms with Crippen molar-refractivity contribution in [3.05, 3.63) is 28.7 Å². The Morgan fingerprint density at radius 3 is 2.90 bits per heavy atom. The molecule has 0 fully saturated rings. The van der Waals surface area contributed by atoms with Crippen molar-refractivity contribution in [2.24, 2.45) is 11.7 Å². The van der Waals surface area contributed by atoms with Crippen molar-refractivity contribution in [2.45, 2.75) is 25.5 Å². The van der Waals surface area contributed by atoms with Crippen molar-refractivity contribution in [2.75, 3.05) is 5.75 Å². The summed E-state index contributed by atoms with van der Waals surface area (Å²) in [5.41, 5.74) is 5.41. The molecule has 0 radical (unpaired) electrons. The largest absolute Gasteiger partial charge is 0.369 e. The van der Waals surface area contributed by atoms with E-state index in [1.165, 1.54) is 0 Å². The van der Waals surface area contributed by atoms with Crippen LogP contribution in [0.25, 0.3) is 11.0 Å². The second-order valence-electron chi connectivity index (χ2n) is 4.83. The minimum atomic E-state index is -0.443. The molecule has 2 N–H and O–H groups in total. The van der Waals surface area contributed by atoms with Gasteiger partial charge in [0.2, 0.25) is 5.91 Å². The summed E-state index contributed by atoms with van der Waals surface area (Å²) in [6.07, 6.45) is 1.59. The first-order valence-electron chi connectivity index (χ1n) is 6.25. The molecule has 0 atom stereocenters. The number of aromatic nitrogens is 3. The number of amides is 1. The van der Waals surface area contributed by atoms with Gasteiger partial charge < -0.3 is 5.73 Å². The molecule has 0 bridgehead atoms. The third-order valence-corrected chi connectivity index (χ3v) is 3.58. The van der Waals surface area contributed by atoms with E-state index in [2.05, 4.69) is 9.97 Å². The summed E-state index contributed by atoms with van der Waals surface area (Å²) in [6.45, 7) is 4.57. The second-order valence-corrected chi connectivity index (χ2v) is 5.78. The SMILES string of the molecule is CC(C)Cn1c(SCC(N)=O)nc2ncccc2c1=O. The second kappa shape index (κ2) is 6.04. The van der Waals surface area contributed by atoms with Crippen molar-refractivity contribution in [1.29, 1.82) is 0 Å². The van der Waals surface area contributed by atoms with Gasteiger partial charge in [-0.25, -0.2) is 9.97 Å². The van der Waals surface area contributed by atoms with Crippen molar-refractivity contribution < 1.29 is 4.79 Å². The molecule has 2 heterocycles. The number of hydrogen-bond acceptors (Lipinski definition) is 5. The van der Waals surface area contributed by atoms with Crippen molar-refractivity contribution in [1.82, 2.24) is 14.5 Å². The molecule has 2 aromatic rings. The van der Waals surface area contributed by atoms with E-state index in [0.29, 0.717) is 22.7 Å². The number of carbonyl (C=O) groups is 1. The molecule has 0 spiro atoms. The topological polar surface area (TPSA) is 90.9 Å². The molecule has 7 heteroatoms. The van der Waals surface area contributed by atoms with Gasteiger partial charge in [0.05, 0.1) is 11.1 Å². The summed E-state index contributed by atoms with van der Waals surface area (Å²) in [5, 5.41) is 0.963. The van der Waals surface area contributed by atoms with Crippen LogP contribution in [0.3, 0.4) is 0 Å². The molecule has 0 aromatic carbocycles. The van der Waals surface area contributed by atoms with Gasteiger partial charge in [-0.3, -0.25) is 14.2 Å². The van der Waals surface area contributed by atoms with Crippen LogP contribution in [0.5, 0.6) is 0 Å². The molecule has 2 aromatic heterocycles. The van der Waals surface area contributed by atoms with Gasteiger partial charge in [0.25, 0.3) is 5.56 Å². The van der Waals surface area contributed by atoms with Gasteiger partial charge >= 0.3 is 0 Å². The number of fused-ring (bicyclic) bond motifs is 1. The first-order valence-corrected chi connectivity index (χ1v) is 7.24. The fourth-order valence-corrected chi connectivity index (χ4v) is 2.54. The Morgan fingerprint density at radius 2 is 2.25 bits per heavy atom. The van der Waals surface area contributed by atoms with Crippen LogP contribution in [0, 0.1) is 5.92 Å². The maximum atomic E-state index is 12.5. The van der Waals surface area contributed by atoms with Gasteiger partial charge in [-0.2, -0.15) is 0 Å². The standard InChI is InChI=1S/C13H16N4O2S/c1-8(2)6-17-12(19)9-4-3-5-15-11(9)16-13(17)20-7-10(14)18/h3-5,8H,6-7H2,1-2H3,(H2,14,18). The van der Waals surface area contributed by atoms with Crippen molar-refractivity contribution >= 4 is 28.7 Å². The molecule has 0 saturated carbocycles. The molecule has 6 nitrogen and oxygen atoms in total. The highest BCUT2D eigenvalue weighted by Gasteiger charge is 2.13. The highest BCUT2D eigenvalue weighted by atomic mass is 32.2. The van der Waals surface area contributed by atoms with E-state index in [0.717, 1.165) is 11.8 Å². The number of thioether (sulfide) groups is 1. The first-order chi connectivity index (χ1) is 9.49. The molecule has 0 aliphatic rings. The Hall–Kier alpha value is -1.89. The molecule has 0 saturated heterocycles. The van der Waals surface area contributed by atoms with Crippen LogP contribution in [0.2, 0.25) is 0 Å². The van der Waals surface area contributed by atoms with Gasteiger partial charge in [0, 0.05) is 12.7 Å². The lowest BCUT2D eigenvalue weighted by Gasteiger charge is -2.13. The van der Waals surface area contributed by atoms with Gasteiger partial charge in [-0.1, -0.05) is 25.6 Å². The van der Waals surface area contributed by atoms with Gasteiger partial charge in [0.1, 0.15) is 0 Å². The fourth-order valence-electron chi connectivity index (χ4n) is 1.81. The van der Waals surface area contributed by atoms with Crippen molar-refractivity contribution in [3.63, 3.8) is 0 Å². The first kappa shape index (κ1) is 14.5. The van der Waals surface area contributed by atoms with E-state index < -0.39 is 5.91 Å². The average molecular weight is 292 g/mol. The fraction of sp³-hybridized carbons (Fsp3) is 0.385. The Morgan fingerprint density at radius 1 is 1.50 bits per heavy atom. The molecular weight excluding hydrogens is 276 g/mol. The lowest BCUT2D eigenvalue weighted by molar-refractivity contribution is -0.115. The normalized spacial score (nSPS) is 11.2. The summed E-state index contributed by atoms with van der Waals surface area (Å²) in [4.78, 5) is 31.9. The van der Waals surface area contributed by atoms with E-state index in [1.807, 2.05) is 13.8 Å². The van der Waals surface area contributed by atoms with Crippen LogP contribution in [0.15, 0.2) is 28.3 Å². The number of hydrogen-bond donors (Lipinski definition) is 1.